The Hall–Kier alpha value is -0.0400. The summed E-state index contributed by atoms with van der Waals surface area (Å²) < 4.78 is 0. The first-order chi connectivity index (χ1) is 21.2. The first kappa shape index (κ1) is 43.0. The molecule has 0 aliphatic carbocycles. The molecule has 0 N–H and O–H groups in total. The van der Waals surface area contributed by atoms with Crippen LogP contribution in [0.5, 0.6) is 0 Å². The molecule has 0 aromatic rings. The summed E-state index contributed by atoms with van der Waals surface area (Å²) in [5.41, 5.74) is 0. The number of nitrogens with zero attached hydrogens (tertiary/aromatic N) is 1. The number of rotatable bonds is 38. The van der Waals surface area contributed by atoms with Gasteiger partial charge in [-0.1, -0.05) is 232 Å². The van der Waals surface area contributed by atoms with Crippen LogP contribution in [0.1, 0.15) is 245 Å². The van der Waals surface area contributed by atoms with Crippen molar-refractivity contribution in [2.24, 2.45) is 5.92 Å². The van der Waals surface area contributed by atoms with Gasteiger partial charge in [0, 0.05) is 0 Å². The fourth-order valence-corrected chi connectivity index (χ4v) is 7.09. The molecule has 0 aromatic heterocycles. The molecule has 0 bridgehead atoms. The van der Waals surface area contributed by atoms with E-state index in [2.05, 4.69) is 32.8 Å². The minimum atomic E-state index is 0.998. The van der Waals surface area contributed by atoms with Crippen LogP contribution in [0.2, 0.25) is 0 Å². The monoisotopic (exact) mass is 606 g/mol. The number of hydrogen-bond donors (Lipinski definition) is 0. The van der Waals surface area contributed by atoms with Crippen molar-refractivity contribution < 1.29 is 0 Å². The maximum Gasteiger partial charge on any atom is -0.00247 e. The third-order valence-electron chi connectivity index (χ3n) is 10.1. The van der Waals surface area contributed by atoms with E-state index < -0.39 is 0 Å². The molecule has 0 aliphatic heterocycles. The molecule has 0 fully saturated rings. The van der Waals surface area contributed by atoms with Crippen LogP contribution in [0.15, 0.2) is 0 Å². The molecule has 0 aliphatic rings. The highest BCUT2D eigenvalue weighted by Crippen LogP contribution is 2.24. The van der Waals surface area contributed by atoms with Crippen molar-refractivity contribution in [3.05, 3.63) is 0 Å². The SMILES string of the molecule is CCCCCCCCCCCCCCCCCCC(CCCCCCCCCCCCCCCCCC)CCCN(C)C. The lowest BCUT2D eigenvalue weighted by atomic mass is 9.90. The first-order valence-corrected chi connectivity index (χ1v) is 20.8. The highest BCUT2D eigenvalue weighted by Gasteiger charge is 2.09. The van der Waals surface area contributed by atoms with E-state index in [1.54, 1.807) is 0 Å². The first-order valence-electron chi connectivity index (χ1n) is 20.8. The zero-order valence-corrected chi connectivity index (χ0v) is 31.2. The molecule has 0 spiro atoms. The maximum atomic E-state index is 2.38. The molecule has 0 saturated heterocycles. The highest BCUT2D eigenvalue weighted by molar-refractivity contribution is 4.63. The Morgan fingerprint density at radius 1 is 0.279 bits per heavy atom. The van der Waals surface area contributed by atoms with Gasteiger partial charge in [0.1, 0.15) is 0 Å². The van der Waals surface area contributed by atoms with Crippen molar-refractivity contribution in [3.63, 3.8) is 0 Å². The van der Waals surface area contributed by atoms with E-state index in [0.29, 0.717) is 0 Å². The molecular weight excluding hydrogens is 518 g/mol. The van der Waals surface area contributed by atoms with Gasteiger partial charge >= 0.3 is 0 Å². The Morgan fingerprint density at radius 3 is 0.721 bits per heavy atom. The van der Waals surface area contributed by atoms with Gasteiger partial charge in [-0.25, -0.2) is 0 Å². The average Bonchev–Trinajstić information content (AvgIpc) is 3.00. The molecule has 0 rings (SSSR count). The van der Waals surface area contributed by atoms with Crippen molar-refractivity contribution in [3.8, 4) is 0 Å². The van der Waals surface area contributed by atoms with Gasteiger partial charge in [-0.15, -0.1) is 0 Å². The predicted molar refractivity (Wildman–Crippen MR) is 200 cm³/mol. The Bertz CT molecular complexity index is 436. The van der Waals surface area contributed by atoms with Crippen LogP contribution < -0.4 is 0 Å². The Balaban J connectivity index is 3.61. The van der Waals surface area contributed by atoms with Gasteiger partial charge in [0.2, 0.25) is 0 Å². The molecule has 0 unspecified atom stereocenters. The standard InChI is InChI=1S/C42H87N/c1-5-7-9-11-13-15-17-19-21-23-25-27-29-31-33-35-38-42(40-37-41-43(3)4)39-36-34-32-30-28-26-24-22-20-18-16-14-12-10-8-6-2/h42H,5-41H2,1-4H3. The van der Waals surface area contributed by atoms with Crippen molar-refractivity contribution in [1.29, 1.82) is 0 Å². The van der Waals surface area contributed by atoms with E-state index in [0.717, 1.165) is 5.92 Å². The Kier molecular flexibility index (Phi) is 38.1. The third kappa shape index (κ3) is 38.1. The lowest BCUT2D eigenvalue weighted by molar-refractivity contribution is 0.332. The van der Waals surface area contributed by atoms with Gasteiger partial charge in [0.15, 0.2) is 0 Å². The molecule has 1 heteroatoms. The molecule has 0 radical (unpaired) electrons. The topological polar surface area (TPSA) is 3.24 Å². The van der Waals surface area contributed by atoms with Gasteiger partial charge in [0.25, 0.3) is 0 Å². The molecule has 0 aromatic carbocycles. The van der Waals surface area contributed by atoms with Gasteiger partial charge in [-0.3, -0.25) is 0 Å². The lowest BCUT2D eigenvalue weighted by Crippen LogP contribution is -2.14. The molecule has 0 amide bonds. The zero-order valence-electron chi connectivity index (χ0n) is 31.2. The van der Waals surface area contributed by atoms with E-state index >= 15 is 0 Å². The maximum absolute atomic E-state index is 2.38. The van der Waals surface area contributed by atoms with E-state index in [1.807, 2.05) is 0 Å². The van der Waals surface area contributed by atoms with Crippen LogP contribution in [-0.4, -0.2) is 25.5 Å². The Labute approximate surface area is 275 Å². The predicted octanol–water partition coefficient (Wildman–Crippen LogP) is 15.2. The second kappa shape index (κ2) is 38.1. The van der Waals surface area contributed by atoms with Gasteiger partial charge in [0.05, 0.1) is 0 Å². The fourth-order valence-electron chi connectivity index (χ4n) is 7.09. The van der Waals surface area contributed by atoms with Gasteiger partial charge in [-0.2, -0.15) is 0 Å². The third-order valence-corrected chi connectivity index (χ3v) is 10.1. The summed E-state index contributed by atoms with van der Waals surface area (Å²) in [6, 6.07) is 0. The summed E-state index contributed by atoms with van der Waals surface area (Å²) in [5, 5.41) is 0. The molecule has 0 saturated carbocycles. The van der Waals surface area contributed by atoms with Gasteiger partial charge < -0.3 is 4.90 Å². The fraction of sp³-hybridized carbons (Fsp3) is 1.00. The summed E-state index contributed by atoms with van der Waals surface area (Å²) in [5.74, 6) is 0.998. The minimum Gasteiger partial charge on any atom is -0.309 e. The van der Waals surface area contributed by atoms with Crippen molar-refractivity contribution in [1.82, 2.24) is 4.90 Å². The molecule has 43 heavy (non-hydrogen) atoms. The summed E-state index contributed by atoms with van der Waals surface area (Å²) in [6.45, 7) is 5.90. The average molecular weight is 606 g/mol. The number of unbranched alkanes of at least 4 members (excludes halogenated alkanes) is 30. The van der Waals surface area contributed by atoms with Crippen LogP contribution in [-0.2, 0) is 0 Å². The van der Waals surface area contributed by atoms with Crippen molar-refractivity contribution in [2.45, 2.75) is 245 Å². The smallest absolute Gasteiger partial charge is 0.00247 e. The van der Waals surface area contributed by atoms with E-state index in [1.165, 1.54) is 238 Å². The van der Waals surface area contributed by atoms with E-state index in [9.17, 15) is 0 Å². The van der Waals surface area contributed by atoms with E-state index in [4.69, 9.17) is 0 Å². The number of hydrogen-bond acceptors (Lipinski definition) is 1. The molecule has 1 nitrogen and oxygen atoms in total. The summed E-state index contributed by atoms with van der Waals surface area (Å²) in [7, 11) is 4.47. The summed E-state index contributed by atoms with van der Waals surface area (Å²) in [6.07, 6.45) is 53.1. The minimum absolute atomic E-state index is 0.998. The summed E-state index contributed by atoms with van der Waals surface area (Å²) >= 11 is 0. The highest BCUT2D eigenvalue weighted by atomic mass is 15.0. The largest absolute Gasteiger partial charge is 0.309 e. The zero-order chi connectivity index (χ0) is 31.3. The molecular formula is C42H87N. The van der Waals surface area contributed by atoms with E-state index in [-0.39, 0.29) is 0 Å². The Morgan fingerprint density at radius 2 is 0.488 bits per heavy atom. The van der Waals surface area contributed by atoms with Crippen molar-refractivity contribution in [2.75, 3.05) is 20.6 Å². The quantitative estimate of drug-likeness (QED) is 0.0633. The molecule has 260 valence electrons. The van der Waals surface area contributed by atoms with Crippen LogP contribution in [0.4, 0.5) is 0 Å². The van der Waals surface area contributed by atoms with Crippen molar-refractivity contribution >= 4 is 0 Å². The summed E-state index contributed by atoms with van der Waals surface area (Å²) in [4.78, 5) is 2.38. The normalized spacial score (nSPS) is 11.9. The second-order valence-corrected chi connectivity index (χ2v) is 15.0. The second-order valence-electron chi connectivity index (χ2n) is 15.0. The van der Waals surface area contributed by atoms with Crippen LogP contribution >= 0.6 is 0 Å². The molecule has 0 atom stereocenters. The van der Waals surface area contributed by atoms with Crippen LogP contribution in [0, 0.1) is 5.92 Å². The van der Waals surface area contributed by atoms with Gasteiger partial charge in [-0.05, 0) is 39.4 Å². The van der Waals surface area contributed by atoms with Crippen LogP contribution in [0.3, 0.4) is 0 Å². The van der Waals surface area contributed by atoms with Crippen LogP contribution in [0.25, 0.3) is 0 Å². The molecule has 0 heterocycles. The lowest BCUT2D eigenvalue weighted by Gasteiger charge is -2.18.